The lowest BCUT2D eigenvalue weighted by atomic mass is 9.98. The number of ketones is 1. The Labute approximate surface area is 114 Å². The molecule has 2 nitrogen and oxygen atoms in total. The van der Waals surface area contributed by atoms with Crippen LogP contribution in [-0.2, 0) is 4.79 Å². The van der Waals surface area contributed by atoms with Crippen LogP contribution in [0.15, 0.2) is 48.7 Å². The van der Waals surface area contributed by atoms with E-state index in [9.17, 15) is 4.79 Å². The van der Waals surface area contributed by atoms with E-state index in [0.717, 1.165) is 36.1 Å². The molecule has 98 valence electrons. The molecule has 0 radical (unpaired) electrons. The van der Waals surface area contributed by atoms with Crippen molar-refractivity contribution in [3.05, 3.63) is 60.0 Å². The molecule has 0 N–H and O–H groups in total. The Hall–Kier alpha value is -1.96. The predicted octanol–water partition coefficient (Wildman–Crippen LogP) is 4.03. The quantitative estimate of drug-likeness (QED) is 0.707. The van der Waals surface area contributed by atoms with Crippen LogP contribution < -0.4 is 0 Å². The molecule has 0 aromatic carbocycles. The highest BCUT2D eigenvalue weighted by Crippen LogP contribution is 2.20. The summed E-state index contributed by atoms with van der Waals surface area (Å²) in [4.78, 5) is 16.0. The number of aromatic nitrogens is 1. The Morgan fingerprint density at radius 1 is 1.26 bits per heavy atom. The van der Waals surface area contributed by atoms with Gasteiger partial charge in [0.05, 0.1) is 0 Å². The summed E-state index contributed by atoms with van der Waals surface area (Å²) in [6.45, 7) is 5.82. The number of Topliss-reactive ketones (excluding diaryl/α,β-unsaturated/α-hetero) is 1. The fourth-order valence-electron chi connectivity index (χ4n) is 2.14. The van der Waals surface area contributed by atoms with Crippen molar-refractivity contribution >= 4 is 11.4 Å². The molecule has 0 fully saturated rings. The van der Waals surface area contributed by atoms with Gasteiger partial charge in [-0.25, -0.2) is 0 Å². The van der Waals surface area contributed by atoms with E-state index in [-0.39, 0.29) is 5.78 Å². The first kappa shape index (κ1) is 13.5. The second-order valence-corrected chi connectivity index (χ2v) is 4.87. The highest BCUT2D eigenvalue weighted by atomic mass is 16.1. The van der Waals surface area contributed by atoms with Crippen molar-refractivity contribution in [2.45, 2.75) is 32.6 Å². The predicted molar refractivity (Wildman–Crippen MR) is 78.7 cm³/mol. The van der Waals surface area contributed by atoms with Gasteiger partial charge in [0, 0.05) is 23.9 Å². The Morgan fingerprint density at radius 3 is 2.89 bits per heavy atom. The molecule has 1 aliphatic rings. The molecule has 1 aromatic rings. The topological polar surface area (TPSA) is 30.0 Å². The van der Waals surface area contributed by atoms with Crippen molar-refractivity contribution in [2.75, 3.05) is 0 Å². The number of rotatable bonds is 1. The molecular formula is C17H19NO. The molecule has 0 saturated carbocycles. The van der Waals surface area contributed by atoms with Gasteiger partial charge in [-0.2, -0.15) is 0 Å². The maximum absolute atomic E-state index is 11.7. The fourth-order valence-corrected chi connectivity index (χ4v) is 2.14. The van der Waals surface area contributed by atoms with Gasteiger partial charge in [-0.1, -0.05) is 24.8 Å². The lowest BCUT2D eigenvalue weighted by molar-refractivity contribution is -0.115. The highest BCUT2D eigenvalue weighted by molar-refractivity contribution is 5.98. The van der Waals surface area contributed by atoms with Crippen molar-refractivity contribution in [3.8, 4) is 0 Å². The standard InChI is InChI=1S/C17H19NO/c1-13-8-9-15(6-4-3-5-7-17(13)19)16-10-11-18-14(2)12-16/h6,8-12H,1,3-5,7H2,2H3/b9-8-,15-6+. The molecule has 1 aromatic heterocycles. The van der Waals surface area contributed by atoms with Crippen LogP contribution in [0, 0.1) is 6.92 Å². The van der Waals surface area contributed by atoms with E-state index in [1.165, 1.54) is 0 Å². The van der Waals surface area contributed by atoms with Crippen LogP contribution in [0.25, 0.3) is 5.57 Å². The third-order valence-electron chi connectivity index (χ3n) is 3.27. The maximum atomic E-state index is 11.7. The summed E-state index contributed by atoms with van der Waals surface area (Å²) in [6, 6.07) is 4.06. The summed E-state index contributed by atoms with van der Waals surface area (Å²) < 4.78 is 0. The number of nitrogens with zero attached hydrogens (tertiary/aromatic N) is 1. The van der Waals surface area contributed by atoms with Crippen LogP contribution in [0.2, 0.25) is 0 Å². The van der Waals surface area contributed by atoms with Gasteiger partial charge in [0.1, 0.15) is 0 Å². The zero-order valence-corrected chi connectivity index (χ0v) is 11.4. The summed E-state index contributed by atoms with van der Waals surface area (Å²) in [5.74, 6) is 0.156. The minimum absolute atomic E-state index is 0.156. The fraction of sp³-hybridized carbons (Fsp3) is 0.294. The van der Waals surface area contributed by atoms with Crippen molar-refractivity contribution in [2.24, 2.45) is 0 Å². The molecule has 0 bridgehead atoms. The summed E-state index contributed by atoms with van der Waals surface area (Å²) in [5.41, 5.74) is 3.88. The monoisotopic (exact) mass is 253 g/mol. The summed E-state index contributed by atoms with van der Waals surface area (Å²) >= 11 is 0. The van der Waals surface area contributed by atoms with Gasteiger partial charge in [-0.3, -0.25) is 9.78 Å². The number of hydrogen-bond acceptors (Lipinski definition) is 2. The van der Waals surface area contributed by atoms with Crippen molar-refractivity contribution < 1.29 is 4.79 Å². The van der Waals surface area contributed by atoms with Gasteiger partial charge in [0.2, 0.25) is 0 Å². The van der Waals surface area contributed by atoms with E-state index in [1.54, 1.807) is 0 Å². The third kappa shape index (κ3) is 3.75. The SMILES string of the molecule is C=C1/C=C\C(c2ccnc(C)c2)=C/CCCCC1=O. The lowest BCUT2D eigenvalue weighted by Crippen LogP contribution is -2.00. The van der Waals surface area contributed by atoms with E-state index in [0.29, 0.717) is 12.0 Å². The summed E-state index contributed by atoms with van der Waals surface area (Å²) in [6.07, 6.45) is 11.5. The molecule has 2 rings (SSSR count). The zero-order chi connectivity index (χ0) is 13.7. The average molecular weight is 253 g/mol. The molecule has 19 heavy (non-hydrogen) atoms. The van der Waals surface area contributed by atoms with Gasteiger partial charge in [-0.05, 0) is 49.5 Å². The first-order valence-electron chi connectivity index (χ1n) is 6.70. The lowest BCUT2D eigenvalue weighted by Gasteiger charge is -2.07. The second-order valence-electron chi connectivity index (χ2n) is 4.87. The molecule has 1 aliphatic carbocycles. The Kier molecular flexibility index (Phi) is 4.45. The van der Waals surface area contributed by atoms with Crippen molar-refractivity contribution in [1.29, 1.82) is 0 Å². The number of aryl methyl sites for hydroxylation is 1. The van der Waals surface area contributed by atoms with Crippen LogP contribution in [-0.4, -0.2) is 10.8 Å². The minimum Gasteiger partial charge on any atom is -0.294 e. The Morgan fingerprint density at radius 2 is 2.11 bits per heavy atom. The van der Waals surface area contributed by atoms with Gasteiger partial charge in [0.15, 0.2) is 5.78 Å². The van der Waals surface area contributed by atoms with Crippen LogP contribution >= 0.6 is 0 Å². The molecule has 0 amide bonds. The first-order chi connectivity index (χ1) is 9.16. The second kappa shape index (κ2) is 6.28. The number of carbonyl (C=O) groups is 1. The number of hydrogen-bond donors (Lipinski definition) is 0. The molecule has 0 atom stereocenters. The van der Waals surface area contributed by atoms with Gasteiger partial charge in [0.25, 0.3) is 0 Å². The van der Waals surface area contributed by atoms with E-state index in [1.807, 2.05) is 31.3 Å². The van der Waals surface area contributed by atoms with E-state index < -0.39 is 0 Å². The zero-order valence-electron chi connectivity index (χ0n) is 11.4. The first-order valence-corrected chi connectivity index (χ1v) is 6.70. The van der Waals surface area contributed by atoms with E-state index in [2.05, 4.69) is 23.7 Å². The summed E-state index contributed by atoms with van der Waals surface area (Å²) in [7, 11) is 0. The van der Waals surface area contributed by atoms with Gasteiger partial charge < -0.3 is 0 Å². The molecule has 0 unspecified atom stereocenters. The van der Waals surface area contributed by atoms with Crippen LogP contribution in [0.4, 0.5) is 0 Å². The van der Waals surface area contributed by atoms with Crippen molar-refractivity contribution in [1.82, 2.24) is 4.98 Å². The van der Waals surface area contributed by atoms with Crippen LogP contribution in [0.5, 0.6) is 0 Å². The van der Waals surface area contributed by atoms with Crippen LogP contribution in [0.3, 0.4) is 0 Å². The van der Waals surface area contributed by atoms with Gasteiger partial charge in [-0.15, -0.1) is 0 Å². The molecule has 0 spiro atoms. The smallest absolute Gasteiger partial charge is 0.162 e. The number of pyridine rings is 1. The maximum Gasteiger partial charge on any atom is 0.162 e. The third-order valence-corrected chi connectivity index (χ3v) is 3.27. The molecule has 1 heterocycles. The highest BCUT2D eigenvalue weighted by Gasteiger charge is 2.06. The van der Waals surface area contributed by atoms with Gasteiger partial charge >= 0.3 is 0 Å². The molecular weight excluding hydrogens is 234 g/mol. The number of allylic oxidation sites excluding steroid dienone is 5. The molecule has 0 saturated heterocycles. The molecule has 2 heteroatoms. The number of carbonyl (C=O) groups excluding carboxylic acids is 1. The minimum atomic E-state index is 0.156. The van der Waals surface area contributed by atoms with E-state index >= 15 is 0 Å². The largest absolute Gasteiger partial charge is 0.294 e. The summed E-state index contributed by atoms with van der Waals surface area (Å²) in [5, 5.41) is 0. The average Bonchev–Trinajstić information content (AvgIpc) is 2.40. The normalized spacial score (nSPS) is 21.6. The van der Waals surface area contributed by atoms with Crippen molar-refractivity contribution in [3.63, 3.8) is 0 Å². The van der Waals surface area contributed by atoms with E-state index in [4.69, 9.17) is 0 Å². The Balaban J connectivity index is 2.31. The van der Waals surface area contributed by atoms with Crippen LogP contribution in [0.1, 0.15) is 36.9 Å². The molecule has 0 aliphatic heterocycles. The Bertz CT molecular complexity index is 552.